The van der Waals surface area contributed by atoms with E-state index in [2.05, 4.69) is 53.9 Å². The maximum Gasteiger partial charge on any atom is 0.0583 e. The molecule has 0 bridgehead atoms. The predicted octanol–water partition coefficient (Wildman–Crippen LogP) is 6.97. The van der Waals surface area contributed by atoms with Crippen LogP contribution in [-0.4, -0.2) is 0 Å². The number of benzene rings is 3. The fourth-order valence-corrected chi connectivity index (χ4v) is 5.11. The topological polar surface area (TPSA) is 12.0 Å². The molecule has 25 heavy (non-hydrogen) atoms. The number of hydrogen-bond donors (Lipinski definition) is 1. The number of rotatable bonds is 1. The molecule has 0 aromatic heterocycles. The lowest BCUT2D eigenvalue weighted by molar-refractivity contribution is 0.427. The third-order valence-electron chi connectivity index (χ3n) is 5.57. The fraction of sp³-hybridized carbons (Fsp3) is 0.182. The summed E-state index contributed by atoms with van der Waals surface area (Å²) in [4.78, 5) is 0. The Labute approximate surface area is 157 Å². The molecule has 1 aliphatic carbocycles. The summed E-state index contributed by atoms with van der Waals surface area (Å²) in [6.07, 6.45) is 5.69. The van der Waals surface area contributed by atoms with Crippen LogP contribution in [0.25, 0.3) is 10.8 Å². The molecule has 3 aromatic rings. The molecule has 0 unspecified atom stereocenters. The van der Waals surface area contributed by atoms with Crippen molar-refractivity contribution in [1.29, 1.82) is 0 Å². The molecule has 5 rings (SSSR count). The lowest BCUT2D eigenvalue weighted by atomic mass is 9.75. The third kappa shape index (κ3) is 2.30. The number of hydrogen-bond acceptors (Lipinski definition) is 1. The second-order valence-electron chi connectivity index (χ2n) is 6.86. The van der Waals surface area contributed by atoms with Crippen LogP contribution < -0.4 is 5.32 Å². The largest absolute Gasteiger partial charge is 0.378 e. The highest BCUT2D eigenvalue weighted by Gasteiger charge is 2.40. The molecular formula is C22H17Cl2N. The molecule has 1 nitrogen and oxygen atoms in total. The lowest BCUT2D eigenvalue weighted by Gasteiger charge is -2.38. The van der Waals surface area contributed by atoms with E-state index in [1.165, 1.54) is 22.0 Å². The van der Waals surface area contributed by atoms with Crippen molar-refractivity contribution in [2.45, 2.75) is 18.4 Å². The molecule has 0 saturated carbocycles. The van der Waals surface area contributed by atoms with Crippen molar-refractivity contribution < 1.29 is 0 Å². The van der Waals surface area contributed by atoms with Crippen LogP contribution in [-0.2, 0) is 0 Å². The number of allylic oxidation sites excluding steroid dienone is 2. The molecule has 1 heterocycles. The van der Waals surface area contributed by atoms with Crippen molar-refractivity contribution in [2.24, 2.45) is 5.92 Å². The minimum Gasteiger partial charge on any atom is -0.378 e. The zero-order chi connectivity index (χ0) is 17.0. The molecule has 2 aliphatic rings. The Hall–Kier alpha value is -1.96. The summed E-state index contributed by atoms with van der Waals surface area (Å²) in [6, 6.07) is 18.9. The zero-order valence-electron chi connectivity index (χ0n) is 13.5. The Bertz CT molecular complexity index is 988. The fourth-order valence-electron chi connectivity index (χ4n) is 4.47. The summed E-state index contributed by atoms with van der Waals surface area (Å²) in [7, 11) is 0. The summed E-state index contributed by atoms with van der Waals surface area (Å²) in [6.45, 7) is 0. The average molecular weight is 366 g/mol. The van der Waals surface area contributed by atoms with Gasteiger partial charge < -0.3 is 5.32 Å². The summed E-state index contributed by atoms with van der Waals surface area (Å²) < 4.78 is 0. The molecule has 1 N–H and O–H groups in total. The number of nitrogens with one attached hydrogen (secondary N) is 1. The van der Waals surface area contributed by atoms with Crippen LogP contribution in [0.4, 0.5) is 5.69 Å². The van der Waals surface area contributed by atoms with Crippen molar-refractivity contribution in [3.63, 3.8) is 0 Å². The van der Waals surface area contributed by atoms with Crippen molar-refractivity contribution >= 4 is 39.7 Å². The molecule has 3 atom stereocenters. The van der Waals surface area contributed by atoms with E-state index in [4.69, 9.17) is 23.2 Å². The van der Waals surface area contributed by atoms with Crippen LogP contribution in [0.2, 0.25) is 10.0 Å². The van der Waals surface area contributed by atoms with Crippen LogP contribution in [0.15, 0.2) is 66.7 Å². The first-order valence-electron chi connectivity index (χ1n) is 8.63. The van der Waals surface area contributed by atoms with Crippen LogP contribution in [0.1, 0.15) is 29.5 Å². The van der Waals surface area contributed by atoms with Gasteiger partial charge in [-0.15, -0.1) is 0 Å². The Kier molecular flexibility index (Phi) is 3.55. The molecular weight excluding hydrogens is 349 g/mol. The highest BCUT2D eigenvalue weighted by atomic mass is 35.5. The third-order valence-corrected chi connectivity index (χ3v) is 6.23. The van der Waals surface area contributed by atoms with E-state index >= 15 is 0 Å². The van der Waals surface area contributed by atoms with Gasteiger partial charge in [-0.2, -0.15) is 0 Å². The Morgan fingerprint density at radius 2 is 1.64 bits per heavy atom. The Morgan fingerprint density at radius 3 is 2.48 bits per heavy atom. The molecule has 124 valence electrons. The monoisotopic (exact) mass is 365 g/mol. The maximum atomic E-state index is 6.53. The minimum atomic E-state index is 0.120. The Balaban J connectivity index is 1.72. The number of fused-ring (bicyclic) bond motifs is 5. The van der Waals surface area contributed by atoms with E-state index in [0.717, 1.165) is 22.0 Å². The minimum absolute atomic E-state index is 0.120. The van der Waals surface area contributed by atoms with Crippen molar-refractivity contribution in [3.05, 3.63) is 87.9 Å². The molecule has 0 amide bonds. The molecule has 3 heteroatoms. The van der Waals surface area contributed by atoms with E-state index < -0.39 is 0 Å². The second-order valence-corrected chi connectivity index (χ2v) is 7.67. The van der Waals surface area contributed by atoms with Crippen LogP contribution >= 0.6 is 23.2 Å². The van der Waals surface area contributed by atoms with Gasteiger partial charge in [0.05, 0.1) is 6.04 Å². The van der Waals surface area contributed by atoms with Gasteiger partial charge in [0, 0.05) is 27.2 Å². The van der Waals surface area contributed by atoms with Crippen molar-refractivity contribution in [2.75, 3.05) is 5.32 Å². The number of anilines is 1. The summed E-state index contributed by atoms with van der Waals surface area (Å²) in [5, 5.41) is 7.84. The van der Waals surface area contributed by atoms with Gasteiger partial charge in [-0.25, -0.2) is 0 Å². The first-order valence-corrected chi connectivity index (χ1v) is 9.38. The molecule has 3 aromatic carbocycles. The van der Waals surface area contributed by atoms with Gasteiger partial charge in [0.25, 0.3) is 0 Å². The SMILES string of the molecule is Clc1cccc(Cl)c1[C@@H]1Nc2ccc3ccccc3c2[C@@H]2C=CC[C@@H]21. The quantitative estimate of drug-likeness (QED) is 0.459. The van der Waals surface area contributed by atoms with Crippen LogP contribution in [0.5, 0.6) is 0 Å². The van der Waals surface area contributed by atoms with Gasteiger partial charge >= 0.3 is 0 Å². The first-order chi connectivity index (χ1) is 12.2. The average Bonchev–Trinajstić information content (AvgIpc) is 3.11. The highest BCUT2D eigenvalue weighted by molar-refractivity contribution is 6.36. The normalized spacial score (nSPS) is 24.0. The van der Waals surface area contributed by atoms with Gasteiger partial charge in [0.2, 0.25) is 0 Å². The molecule has 1 aliphatic heterocycles. The van der Waals surface area contributed by atoms with Gasteiger partial charge in [-0.05, 0) is 46.9 Å². The molecule has 0 fully saturated rings. The zero-order valence-corrected chi connectivity index (χ0v) is 15.1. The first kappa shape index (κ1) is 15.3. The molecule has 0 saturated heterocycles. The Morgan fingerprint density at radius 1 is 0.840 bits per heavy atom. The van der Waals surface area contributed by atoms with Crippen LogP contribution in [0, 0.1) is 5.92 Å². The van der Waals surface area contributed by atoms with E-state index in [-0.39, 0.29) is 6.04 Å². The molecule has 0 radical (unpaired) electrons. The van der Waals surface area contributed by atoms with Gasteiger partial charge in [-0.3, -0.25) is 0 Å². The summed E-state index contributed by atoms with van der Waals surface area (Å²) >= 11 is 13.1. The van der Waals surface area contributed by atoms with Crippen LogP contribution in [0.3, 0.4) is 0 Å². The standard InChI is InChI=1S/C22H17Cl2N/c23-17-9-4-10-18(24)21(17)22-16-8-3-7-15(16)20-14-6-2-1-5-13(14)11-12-19(20)25-22/h1-7,9-12,15-16,22,25H,8H2/t15-,16+,22-/m1/s1. The predicted molar refractivity (Wildman–Crippen MR) is 107 cm³/mol. The van der Waals surface area contributed by atoms with E-state index in [1.807, 2.05) is 18.2 Å². The number of halogens is 2. The van der Waals surface area contributed by atoms with Crippen molar-refractivity contribution in [1.82, 2.24) is 0 Å². The van der Waals surface area contributed by atoms with E-state index in [0.29, 0.717) is 11.8 Å². The summed E-state index contributed by atoms with van der Waals surface area (Å²) in [5.74, 6) is 0.815. The maximum absolute atomic E-state index is 6.53. The van der Waals surface area contributed by atoms with Gasteiger partial charge in [-0.1, -0.05) is 71.8 Å². The molecule has 0 spiro atoms. The lowest BCUT2D eigenvalue weighted by Crippen LogP contribution is -2.29. The van der Waals surface area contributed by atoms with Crippen molar-refractivity contribution in [3.8, 4) is 0 Å². The summed E-state index contributed by atoms with van der Waals surface area (Å²) in [5.41, 5.74) is 3.60. The van der Waals surface area contributed by atoms with Gasteiger partial charge in [0.1, 0.15) is 0 Å². The second kappa shape index (κ2) is 5.79. The van der Waals surface area contributed by atoms with E-state index in [1.54, 1.807) is 0 Å². The van der Waals surface area contributed by atoms with E-state index in [9.17, 15) is 0 Å². The highest BCUT2D eigenvalue weighted by Crippen LogP contribution is 2.53. The smallest absolute Gasteiger partial charge is 0.0583 e. The van der Waals surface area contributed by atoms with Gasteiger partial charge in [0.15, 0.2) is 0 Å².